The molecule has 0 fully saturated rings. The first-order valence-electron chi connectivity index (χ1n) is 5.26. The Morgan fingerprint density at radius 1 is 1.14 bits per heavy atom. The number of carbonyl (C=O) groups is 1. The third-order valence-electron chi connectivity index (χ3n) is 1.65. The number of ether oxygens (including phenoxy) is 1. The van der Waals surface area contributed by atoms with E-state index < -0.39 is 0 Å². The molecule has 0 rings (SSSR count). The van der Waals surface area contributed by atoms with E-state index >= 15 is 0 Å². The summed E-state index contributed by atoms with van der Waals surface area (Å²) in [5.74, 6) is -0.157. The van der Waals surface area contributed by atoms with E-state index in [2.05, 4.69) is 6.92 Å². The van der Waals surface area contributed by atoms with Crippen LogP contribution in [-0.4, -0.2) is 12.6 Å². The molecule has 0 heterocycles. The second kappa shape index (κ2) is 10.0. The van der Waals surface area contributed by atoms with Gasteiger partial charge in [-0.05, 0) is 12.8 Å². The minimum absolute atomic E-state index is 0.157. The summed E-state index contributed by atoms with van der Waals surface area (Å²) in [6.45, 7) is 4.56. The molecule has 0 bridgehead atoms. The Balaban J connectivity index is 3.39. The van der Waals surface area contributed by atoms with Crippen LogP contribution in [0.3, 0.4) is 0 Å². The topological polar surface area (TPSA) is 26.3 Å². The number of unbranched alkanes of at least 4 members (excludes halogenated alkanes) is 1. The Hall–Kier alpha value is -1.05. The van der Waals surface area contributed by atoms with Gasteiger partial charge in [0, 0.05) is 0 Å². The summed E-state index contributed by atoms with van der Waals surface area (Å²) in [7, 11) is 0. The van der Waals surface area contributed by atoms with Crippen molar-refractivity contribution in [1.29, 1.82) is 0 Å². The predicted molar refractivity (Wildman–Crippen MR) is 59.1 cm³/mol. The molecule has 0 aromatic carbocycles. The quantitative estimate of drug-likeness (QED) is 0.461. The van der Waals surface area contributed by atoms with Gasteiger partial charge in [0.2, 0.25) is 0 Å². The summed E-state index contributed by atoms with van der Waals surface area (Å²) < 4.78 is 4.96. The van der Waals surface area contributed by atoms with E-state index in [1.807, 2.05) is 31.2 Å². The first-order valence-corrected chi connectivity index (χ1v) is 5.26. The predicted octanol–water partition coefficient (Wildman–Crippen LogP) is 3.24. The number of carbonyl (C=O) groups excluding carboxylic acids is 1. The summed E-state index contributed by atoms with van der Waals surface area (Å²) in [6.07, 6.45) is 11.3. The van der Waals surface area contributed by atoms with E-state index in [1.165, 1.54) is 0 Å². The SMILES string of the molecule is CCC=CCC(=O)OCC=CCCC. The lowest BCUT2D eigenvalue weighted by Gasteiger charge is -1.97. The van der Waals surface area contributed by atoms with Crippen molar-refractivity contribution in [3.8, 4) is 0 Å². The molecule has 0 spiro atoms. The number of allylic oxidation sites excluding steroid dienone is 2. The van der Waals surface area contributed by atoms with Gasteiger partial charge in [-0.25, -0.2) is 0 Å². The minimum atomic E-state index is -0.157. The number of hydrogen-bond acceptors (Lipinski definition) is 2. The van der Waals surface area contributed by atoms with Crippen LogP contribution in [0, 0.1) is 0 Å². The van der Waals surface area contributed by atoms with E-state index in [1.54, 1.807) is 0 Å². The van der Waals surface area contributed by atoms with Crippen molar-refractivity contribution >= 4 is 5.97 Å². The van der Waals surface area contributed by atoms with Crippen molar-refractivity contribution < 1.29 is 9.53 Å². The smallest absolute Gasteiger partial charge is 0.309 e. The van der Waals surface area contributed by atoms with E-state index in [-0.39, 0.29) is 5.97 Å². The molecular formula is C12H20O2. The summed E-state index contributed by atoms with van der Waals surface area (Å²) in [5.41, 5.74) is 0. The lowest BCUT2D eigenvalue weighted by atomic mass is 10.3. The Morgan fingerprint density at radius 3 is 2.57 bits per heavy atom. The largest absolute Gasteiger partial charge is 0.461 e. The zero-order valence-electron chi connectivity index (χ0n) is 9.16. The van der Waals surface area contributed by atoms with Gasteiger partial charge in [-0.3, -0.25) is 4.79 Å². The Bertz CT molecular complexity index is 192. The molecule has 0 unspecified atom stereocenters. The molecule has 80 valence electrons. The molecule has 14 heavy (non-hydrogen) atoms. The van der Waals surface area contributed by atoms with Crippen LogP contribution in [0.1, 0.15) is 39.5 Å². The molecule has 2 nitrogen and oxygen atoms in total. The standard InChI is InChI=1S/C12H20O2/c1-3-5-7-9-11-14-12(13)10-8-6-4-2/h6-9H,3-5,10-11H2,1-2H3. The van der Waals surface area contributed by atoms with Gasteiger partial charge in [-0.1, -0.05) is 44.6 Å². The van der Waals surface area contributed by atoms with Gasteiger partial charge >= 0.3 is 5.97 Å². The van der Waals surface area contributed by atoms with Crippen LogP contribution in [0.25, 0.3) is 0 Å². The van der Waals surface area contributed by atoms with Crippen LogP contribution in [0.4, 0.5) is 0 Å². The number of rotatable bonds is 7. The summed E-state index contributed by atoms with van der Waals surface area (Å²) in [5, 5.41) is 0. The van der Waals surface area contributed by atoms with Gasteiger partial charge in [0.25, 0.3) is 0 Å². The maximum atomic E-state index is 11.0. The first-order chi connectivity index (χ1) is 6.81. The molecular weight excluding hydrogens is 176 g/mol. The lowest BCUT2D eigenvalue weighted by molar-refractivity contribution is -0.141. The van der Waals surface area contributed by atoms with Crippen LogP contribution in [0.15, 0.2) is 24.3 Å². The van der Waals surface area contributed by atoms with Crippen molar-refractivity contribution in [3.05, 3.63) is 24.3 Å². The number of esters is 1. The maximum Gasteiger partial charge on any atom is 0.309 e. The van der Waals surface area contributed by atoms with E-state index in [4.69, 9.17) is 4.74 Å². The molecule has 0 aliphatic rings. The van der Waals surface area contributed by atoms with Crippen LogP contribution in [0.5, 0.6) is 0 Å². The molecule has 0 radical (unpaired) electrons. The summed E-state index contributed by atoms with van der Waals surface area (Å²) in [4.78, 5) is 11.0. The number of hydrogen-bond donors (Lipinski definition) is 0. The molecule has 0 aliphatic heterocycles. The third kappa shape index (κ3) is 9.04. The van der Waals surface area contributed by atoms with Gasteiger partial charge in [-0.15, -0.1) is 0 Å². The van der Waals surface area contributed by atoms with Crippen LogP contribution in [-0.2, 0) is 9.53 Å². The third-order valence-corrected chi connectivity index (χ3v) is 1.65. The van der Waals surface area contributed by atoms with E-state index in [0.717, 1.165) is 19.3 Å². The highest BCUT2D eigenvalue weighted by Crippen LogP contribution is 1.92. The molecule has 2 heteroatoms. The van der Waals surface area contributed by atoms with Crippen molar-refractivity contribution in [1.82, 2.24) is 0 Å². The van der Waals surface area contributed by atoms with Crippen molar-refractivity contribution in [2.24, 2.45) is 0 Å². The molecule has 0 amide bonds. The van der Waals surface area contributed by atoms with Crippen LogP contribution in [0.2, 0.25) is 0 Å². The van der Waals surface area contributed by atoms with Gasteiger partial charge in [0.1, 0.15) is 6.61 Å². The monoisotopic (exact) mass is 196 g/mol. The zero-order chi connectivity index (χ0) is 10.6. The Kier molecular flexibility index (Phi) is 9.28. The molecule has 0 aromatic heterocycles. The molecule has 0 aromatic rings. The average Bonchev–Trinajstić information content (AvgIpc) is 2.18. The maximum absolute atomic E-state index is 11.0. The minimum Gasteiger partial charge on any atom is -0.461 e. The van der Waals surface area contributed by atoms with Gasteiger partial charge < -0.3 is 4.74 Å². The second-order valence-electron chi connectivity index (χ2n) is 3.03. The fourth-order valence-corrected chi connectivity index (χ4v) is 0.899. The first kappa shape index (κ1) is 12.9. The summed E-state index contributed by atoms with van der Waals surface area (Å²) in [6, 6.07) is 0. The normalized spacial score (nSPS) is 11.3. The molecule has 0 saturated carbocycles. The second-order valence-corrected chi connectivity index (χ2v) is 3.03. The molecule has 0 saturated heterocycles. The highest BCUT2D eigenvalue weighted by Gasteiger charge is 1.95. The van der Waals surface area contributed by atoms with Crippen molar-refractivity contribution in [2.45, 2.75) is 39.5 Å². The van der Waals surface area contributed by atoms with Gasteiger partial charge in [0.15, 0.2) is 0 Å². The molecule has 0 atom stereocenters. The van der Waals surface area contributed by atoms with Gasteiger partial charge in [-0.2, -0.15) is 0 Å². The lowest BCUT2D eigenvalue weighted by Crippen LogP contribution is -2.02. The van der Waals surface area contributed by atoms with E-state index in [0.29, 0.717) is 13.0 Å². The van der Waals surface area contributed by atoms with Crippen LogP contribution < -0.4 is 0 Å². The zero-order valence-corrected chi connectivity index (χ0v) is 9.16. The fourth-order valence-electron chi connectivity index (χ4n) is 0.899. The summed E-state index contributed by atoms with van der Waals surface area (Å²) >= 11 is 0. The van der Waals surface area contributed by atoms with Gasteiger partial charge in [0.05, 0.1) is 6.42 Å². The molecule has 0 aliphatic carbocycles. The fraction of sp³-hybridized carbons (Fsp3) is 0.583. The Labute approximate surface area is 86.6 Å². The van der Waals surface area contributed by atoms with Crippen molar-refractivity contribution in [3.63, 3.8) is 0 Å². The molecule has 0 N–H and O–H groups in total. The van der Waals surface area contributed by atoms with E-state index in [9.17, 15) is 4.79 Å². The van der Waals surface area contributed by atoms with Crippen molar-refractivity contribution in [2.75, 3.05) is 6.61 Å². The highest BCUT2D eigenvalue weighted by molar-refractivity contribution is 5.71. The highest BCUT2D eigenvalue weighted by atomic mass is 16.5. The van der Waals surface area contributed by atoms with Crippen LogP contribution >= 0.6 is 0 Å². The average molecular weight is 196 g/mol. The Morgan fingerprint density at radius 2 is 1.93 bits per heavy atom.